The summed E-state index contributed by atoms with van der Waals surface area (Å²) in [7, 11) is 0. The number of carbonyl (C=O) groups is 1. The van der Waals surface area contributed by atoms with E-state index in [1.54, 1.807) is 0 Å². The van der Waals surface area contributed by atoms with Crippen molar-refractivity contribution in [1.29, 1.82) is 0 Å². The van der Waals surface area contributed by atoms with Crippen LogP contribution >= 0.6 is 0 Å². The van der Waals surface area contributed by atoms with Crippen molar-refractivity contribution >= 4 is 17.2 Å². The Bertz CT molecular complexity index is 922. The Morgan fingerprint density at radius 1 is 1.00 bits per heavy atom. The van der Waals surface area contributed by atoms with Crippen LogP contribution in [0.25, 0.3) is 0 Å². The van der Waals surface area contributed by atoms with Gasteiger partial charge in [0.25, 0.3) is 0 Å². The normalized spacial score (nSPS) is 20.8. The van der Waals surface area contributed by atoms with Crippen LogP contribution in [0.1, 0.15) is 57.7 Å². The van der Waals surface area contributed by atoms with Crippen LogP contribution in [0.5, 0.6) is 0 Å². The highest BCUT2D eigenvalue weighted by atomic mass is 16.1. The number of fused-ring (bicyclic) bond motifs is 1. The van der Waals surface area contributed by atoms with Gasteiger partial charge in [0, 0.05) is 17.7 Å². The largest absolute Gasteiger partial charge is 0.372 e. The second kappa shape index (κ2) is 7.12. The summed E-state index contributed by atoms with van der Waals surface area (Å²) in [6, 6.07) is 16.9. The van der Waals surface area contributed by atoms with Crippen molar-refractivity contribution in [3.63, 3.8) is 0 Å². The predicted octanol–water partition coefficient (Wildman–Crippen LogP) is 6.11. The van der Waals surface area contributed by atoms with Crippen LogP contribution in [-0.2, 0) is 11.2 Å². The molecule has 2 aliphatic rings. The third kappa shape index (κ3) is 3.71. The molecule has 146 valence electrons. The third-order valence-electron chi connectivity index (χ3n) is 5.68. The molecule has 0 amide bonds. The van der Waals surface area contributed by atoms with Gasteiger partial charge in [0.2, 0.25) is 0 Å². The zero-order valence-corrected chi connectivity index (χ0v) is 17.3. The number of rotatable bonds is 3. The van der Waals surface area contributed by atoms with Crippen LogP contribution in [-0.4, -0.2) is 5.78 Å². The van der Waals surface area contributed by atoms with Crippen molar-refractivity contribution in [2.45, 2.75) is 53.0 Å². The highest BCUT2D eigenvalue weighted by Crippen LogP contribution is 2.45. The first kappa shape index (κ1) is 18.8. The molecule has 0 bridgehead atoms. The van der Waals surface area contributed by atoms with Gasteiger partial charge >= 0.3 is 0 Å². The Hall–Kier alpha value is -2.55. The number of allylic oxidation sites excluding steroid dienone is 1. The van der Waals surface area contributed by atoms with Crippen molar-refractivity contribution < 1.29 is 4.79 Å². The molecule has 3 heteroatoms. The molecule has 0 fully saturated rings. The lowest BCUT2D eigenvalue weighted by molar-refractivity contribution is -0.118. The first-order valence-corrected chi connectivity index (χ1v) is 10.3. The number of hydrogen-bond donors (Lipinski definition) is 2. The van der Waals surface area contributed by atoms with Gasteiger partial charge < -0.3 is 10.6 Å². The zero-order chi connectivity index (χ0) is 19.9. The Balaban J connectivity index is 1.78. The molecule has 2 aromatic rings. The van der Waals surface area contributed by atoms with Gasteiger partial charge in [-0.3, -0.25) is 4.79 Å². The number of Topliss-reactive ketones (excluding diaryl/α,β-unsaturated/α-hetero) is 1. The number of ketones is 1. The van der Waals surface area contributed by atoms with Crippen molar-refractivity contribution in [3.05, 3.63) is 70.9 Å². The van der Waals surface area contributed by atoms with Gasteiger partial charge in [0.15, 0.2) is 5.78 Å². The van der Waals surface area contributed by atoms with Crippen LogP contribution in [0.4, 0.5) is 11.4 Å². The van der Waals surface area contributed by atoms with Crippen LogP contribution in [0, 0.1) is 11.3 Å². The van der Waals surface area contributed by atoms with E-state index in [4.69, 9.17) is 0 Å². The maximum Gasteiger partial charge on any atom is 0.163 e. The summed E-state index contributed by atoms with van der Waals surface area (Å²) in [6.45, 7) is 8.83. The third-order valence-corrected chi connectivity index (χ3v) is 5.68. The lowest BCUT2D eigenvalue weighted by Gasteiger charge is -2.34. The molecule has 2 aromatic carbocycles. The van der Waals surface area contributed by atoms with E-state index in [2.05, 4.69) is 74.7 Å². The number of nitrogens with one attached hydrogen (secondary N) is 2. The summed E-state index contributed by atoms with van der Waals surface area (Å²) < 4.78 is 0. The van der Waals surface area contributed by atoms with E-state index in [1.807, 2.05) is 12.1 Å². The fourth-order valence-electron chi connectivity index (χ4n) is 4.46. The van der Waals surface area contributed by atoms with E-state index < -0.39 is 0 Å². The molecular weight excluding hydrogens is 344 g/mol. The molecule has 0 spiro atoms. The average Bonchev–Trinajstić information content (AvgIpc) is 2.77. The summed E-state index contributed by atoms with van der Waals surface area (Å²) in [4.78, 5) is 13.2. The zero-order valence-electron chi connectivity index (χ0n) is 17.3. The summed E-state index contributed by atoms with van der Waals surface area (Å²) in [5.41, 5.74) is 6.51. The van der Waals surface area contributed by atoms with Crippen LogP contribution in [0.3, 0.4) is 0 Å². The summed E-state index contributed by atoms with van der Waals surface area (Å²) in [5.74, 6) is 0.879. The Morgan fingerprint density at radius 3 is 2.36 bits per heavy atom. The van der Waals surface area contributed by atoms with Crippen molar-refractivity contribution in [2.24, 2.45) is 11.3 Å². The molecule has 0 aromatic heterocycles. The standard InChI is InChI=1S/C25H30N2O/c1-16(2)13-17-9-11-18(12-10-17)24-23-21(14-25(3,4)15-22(23)28)26-19-7-5-6-8-20(19)27-24/h5-12,16,24,26-27H,13-15H2,1-4H3/t24-/m0/s1. The number of para-hydroxylation sites is 2. The van der Waals surface area contributed by atoms with E-state index in [1.165, 1.54) is 5.56 Å². The van der Waals surface area contributed by atoms with Crippen LogP contribution < -0.4 is 10.6 Å². The summed E-state index contributed by atoms with van der Waals surface area (Å²) in [5, 5.41) is 7.23. The van der Waals surface area contributed by atoms with Gasteiger partial charge in [-0.05, 0) is 47.4 Å². The predicted molar refractivity (Wildman–Crippen MR) is 116 cm³/mol. The maximum absolute atomic E-state index is 13.2. The Morgan fingerprint density at radius 2 is 1.68 bits per heavy atom. The van der Waals surface area contributed by atoms with Crippen LogP contribution in [0.15, 0.2) is 59.8 Å². The maximum atomic E-state index is 13.2. The first-order valence-electron chi connectivity index (χ1n) is 10.3. The van der Waals surface area contributed by atoms with E-state index in [0.717, 1.165) is 41.1 Å². The van der Waals surface area contributed by atoms with E-state index >= 15 is 0 Å². The van der Waals surface area contributed by atoms with Crippen molar-refractivity contribution in [1.82, 2.24) is 0 Å². The molecule has 3 nitrogen and oxygen atoms in total. The van der Waals surface area contributed by atoms with Gasteiger partial charge in [0.05, 0.1) is 17.4 Å². The van der Waals surface area contributed by atoms with E-state index in [0.29, 0.717) is 12.3 Å². The summed E-state index contributed by atoms with van der Waals surface area (Å²) in [6.07, 6.45) is 2.54. The van der Waals surface area contributed by atoms with Crippen LogP contribution in [0.2, 0.25) is 0 Å². The average molecular weight is 375 g/mol. The fourth-order valence-corrected chi connectivity index (χ4v) is 4.46. The molecule has 2 N–H and O–H groups in total. The van der Waals surface area contributed by atoms with Gasteiger partial charge in [-0.1, -0.05) is 64.1 Å². The number of benzene rings is 2. The van der Waals surface area contributed by atoms with Gasteiger partial charge in [-0.15, -0.1) is 0 Å². The minimum Gasteiger partial charge on any atom is -0.372 e. The number of anilines is 2. The molecule has 0 unspecified atom stereocenters. The molecule has 4 rings (SSSR count). The minimum absolute atomic E-state index is 0.0200. The quantitative estimate of drug-likeness (QED) is 0.681. The first-order chi connectivity index (χ1) is 13.3. The molecule has 1 aliphatic heterocycles. The molecular formula is C25H30N2O. The topological polar surface area (TPSA) is 41.1 Å². The molecule has 1 heterocycles. The fraction of sp³-hybridized carbons (Fsp3) is 0.400. The lowest BCUT2D eigenvalue weighted by Crippen LogP contribution is -2.31. The Labute approximate surface area is 168 Å². The molecule has 28 heavy (non-hydrogen) atoms. The highest BCUT2D eigenvalue weighted by Gasteiger charge is 2.38. The second-order valence-corrected chi connectivity index (χ2v) is 9.42. The van der Waals surface area contributed by atoms with Crippen molar-refractivity contribution in [3.8, 4) is 0 Å². The molecule has 0 saturated heterocycles. The molecule has 1 atom stereocenters. The van der Waals surface area contributed by atoms with Gasteiger partial charge in [0.1, 0.15) is 0 Å². The smallest absolute Gasteiger partial charge is 0.163 e. The molecule has 0 saturated carbocycles. The number of carbonyl (C=O) groups excluding carboxylic acids is 1. The van der Waals surface area contributed by atoms with Gasteiger partial charge in [-0.2, -0.15) is 0 Å². The van der Waals surface area contributed by atoms with E-state index in [-0.39, 0.29) is 17.2 Å². The van der Waals surface area contributed by atoms with E-state index in [9.17, 15) is 4.79 Å². The molecule has 0 radical (unpaired) electrons. The minimum atomic E-state index is -0.122. The SMILES string of the molecule is CC(C)Cc1ccc([C@@H]2Nc3ccccc3NC3=C2C(=O)CC(C)(C)C3)cc1. The highest BCUT2D eigenvalue weighted by molar-refractivity contribution is 6.01. The monoisotopic (exact) mass is 374 g/mol. The Kier molecular flexibility index (Phi) is 4.78. The van der Waals surface area contributed by atoms with Crippen molar-refractivity contribution in [2.75, 3.05) is 10.6 Å². The summed E-state index contributed by atoms with van der Waals surface area (Å²) >= 11 is 0. The second-order valence-electron chi connectivity index (χ2n) is 9.42. The van der Waals surface area contributed by atoms with Gasteiger partial charge in [-0.25, -0.2) is 0 Å². The number of hydrogen-bond acceptors (Lipinski definition) is 3. The molecule has 1 aliphatic carbocycles. The lowest BCUT2D eigenvalue weighted by atomic mass is 9.73.